The van der Waals surface area contributed by atoms with Crippen molar-refractivity contribution in [1.29, 1.82) is 10.5 Å². The minimum atomic E-state index is -1.09. The summed E-state index contributed by atoms with van der Waals surface area (Å²) < 4.78 is 20.3. The van der Waals surface area contributed by atoms with Gasteiger partial charge < -0.3 is 29.2 Å². The summed E-state index contributed by atoms with van der Waals surface area (Å²) in [4.78, 5) is 46.4. The van der Waals surface area contributed by atoms with Gasteiger partial charge in [0.05, 0.1) is 44.6 Å². The number of carboxylic acids is 2. The Morgan fingerprint density at radius 1 is 0.653 bits per heavy atom. The maximum absolute atomic E-state index is 13.6. The molecule has 4 rings (SSSR count). The van der Waals surface area contributed by atoms with Crippen LogP contribution in [0.4, 0.5) is 0 Å². The lowest BCUT2D eigenvalue weighted by molar-refractivity contribution is -0.148. The van der Waals surface area contributed by atoms with E-state index in [2.05, 4.69) is 48.0 Å². The lowest BCUT2D eigenvalue weighted by Crippen LogP contribution is -2.44. The molecule has 12 nitrogen and oxygen atoms in total. The van der Waals surface area contributed by atoms with Crippen LogP contribution in [0.25, 0.3) is 0 Å². The number of hydrogen-bond donors (Lipinski definition) is 2. The van der Waals surface area contributed by atoms with Gasteiger partial charge >= 0.3 is 23.9 Å². The van der Waals surface area contributed by atoms with E-state index in [-0.39, 0.29) is 43.7 Å². The Bertz CT molecular complexity index is 2520. The van der Waals surface area contributed by atoms with Crippen molar-refractivity contribution in [2.24, 2.45) is 10.8 Å². The molecule has 0 spiro atoms. The average Bonchev–Trinajstić information content (AvgIpc) is 3.41. The Balaban J connectivity index is 0.000000639. The molecule has 5 atom stereocenters. The van der Waals surface area contributed by atoms with Gasteiger partial charge in [0.1, 0.15) is 18.0 Å². The van der Waals surface area contributed by atoms with Crippen molar-refractivity contribution in [3.05, 3.63) is 156 Å². The zero-order chi connectivity index (χ0) is 56.5. The highest BCUT2D eigenvalue weighted by atomic mass is 32.4. The van der Waals surface area contributed by atoms with Crippen molar-refractivity contribution in [3.8, 4) is 12.1 Å². The molecular weight excluding hydrogens is 1060 g/mol. The van der Waals surface area contributed by atoms with Crippen LogP contribution < -0.4 is 0 Å². The molecule has 0 aliphatic rings. The topological polar surface area (TPSA) is 193 Å². The SMILES string of the molecule is C=C(C)C(=O)OCCOC.CC(C#N)(CCC(=O)O)CC(SC(=S)c1ccccc1)c1ccccc1.COCCOC(=O)C(C)(CC(C)(CC(C)(C#N)CCC(=O)O)c1ccccc1)SC(=S)c1ccccc1.P=S. The molecule has 4 aromatic carbocycles. The highest BCUT2D eigenvalue weighted by Crippen LogP contribution is 2.48. The van der Waals surface area contributed by atoms with Crippen molar-refractivity contribution >= 4 is 100 Å². The Morgan fingerprint density at radius 3 is 1.52 bits per heavy atom. The molecule has 2 N–H and O–H groups in total. The van der Waals surface area contributed by atoms with Gasteiger partial charge in [0.2, 0.25) is 0 Å². The third-order valence-corrected chi connectivity index (χ3v) is 14.9. The van der Waals surface area contributed by atoms with Gasteiger partial charge in [0.25, 0.3) is 0 Å². The molecular formula is C57H69N2O10PS5. The van der Waals surface area contributed by atoms with Crippen molar-refractivity contribution in [2.45, 2.75) is 95.0 Å². The summed E-state index contributed by atoms with van der Waals surface area (Å²) in [7, 11) is 5.65. The van der Waals surface area contributed by atoms with E-state index >= 15 is 0 Å². The second kappa shape index (κ2) is 35.9. The van der Waals surface area contributed by atoms with Gasteiger partial charge in [-0.3, -0.25) is 14.4 Å². The first-order valence-electron chi connectivity index (χ1n) is 23.7. The molecule has 402 valence electrons. The number of ether oxygens (including phenoxy) is 4. The number of benzene rings is 4. The quantitative estimate of drug-likeness (QED) is 0.0198. The summed E-state index contributed by atoms with van der Waals surface area (Å²) in [5, 5.41) is 38.0. The monoisotopic (exact) mass is 1130 g/mol. The maximum Gasteiger partial charge on any atom is 0.333 e. The molecule has 18 heteroatoms. The van der Waals surface area contributed by atoms with Crippen molar-refractivity contribution in [1.82, 2.24) is 0 Å². The third kappa shape index (κ3) is 25.9. The normalized spacial score (nSPS) is 13.9. The van der Waals surface area contributed by atoms with Crippen LogP contribution in [0.5, 0.6) is 0 Å². The molecule has 0 aliphatic heterocycles. The number of carboxylic acid groups (broad SMARTS) is 2. The number of esters is 2. The molecule has 0 radical (unpaired) electrons. The standard InChI is InChI=1S/C29H35NO5S2.C21H21NO2S2.C7H12O3.HPS/c1-27(21-30,16-15-24(31)32)19-28(2,23-13-9-6-10-14-23)20-29(3,26(33)35-18-17-34-4)37-25(36)22-11-7-5-8-12-22;1-21(15-22,13-12-19(23)24)14-18(16-8-4-2-5-9-16)26-20(25)17-10-6-3-7-11-17;1-6(2)7(8)10-5-4-9-3;1-2/h5-14H,15-20H2,1-4H3,(H,31,32);2-11,18H,12-14H2,1H3,(H,23,24);1,4-5H2,2-3H3;1H. The number of nitriles is 2. The third-order valence-electron chi connectivity index (χ3n) is 11.5. The minimum absolute atomic E-state index is 0.0117. The minimum Gasteiger partial charge on any atom is -0.481 e. The summed E-state index contributed by atoms with van der Waals surface area (Å²) in [6.45, 7) is 13.6. The average molecular weight is 1130 g/mol. The molecule has 0 amide bonds. The van der Waals surface area contributed by atoms with Gasteiger partial charge in [0.15, 0.2) is 0 Å². The Morgan fingerprint density at radius 2 is 1.08 bits per heavy atom. The smallest absolute Gasteiger partial charge is 0.333 e. The van der Waals surface area contributed by atoms with Gasteiger partial charge in [-0.15, -0.1) is 11.8 Å². The van der Waals surface area contributed by atoms with Crippen LogP contribution in [0, 0.1) is 33.5 Å². The maximum atomic E-state index is 13.6. The fraction of sp³-hybridized carbons (Fsp3) is 0.404. The van der Waals surface area contributed by atoms with Crippen LogP contribution in [0.3, 0.4) is 0 Å². The van der Waals surface area contributed by atoms with E-state index in [0.29, 0.717) is 48.7 Å². The van der Waals surface area contributed by atoms with Gasteiger partial charge in [-0.2, -0.15) is 10.5 Å². The van der Waals surface area contributed by atoms with Crippen molar-refractivity contribution in [3.63, 3.8) is 0 Å². The van der Waals surface area contributed by atoms with Crippen LogP contribution >= 0.6 is 56.0 Å². The molecule has 0 aliphatic carbocycles. The Labute approximate surface area is 470 Å². The molecule has 0 saturated heterocycles. The molecule has 0 aromatic heterocycles. The number of thioether (sulfide) groups is 2. The molecule has 0 fully saturated rings. The van der Waals surface area contributed by atoms with Gasteiger partial charge in [-0.05, 0) is 95.5 Å². The van der Waals surface area contributed by atoms with E-state index in [0.717, 1.165) is 26.5 Å². The first-order chi connectivity index (χ1) is 35.6. The summed E-state index contributed by atoms with van der Waals surface area (Å²) in [5.74, 6) is -2.61. The summed E-state index contributed by atoms with van der Waals surface area (Å²) >= 11 is 18.1. The van der Waals surface area contributed by atoms with Gasteiger partial charge in [-0.1, -0.05) is 183 Å². The molecule has 5 unspecified atom stereocenters. The van der Waals surface area contributed by atoms with E-state index in [4.69, 9.17) is 39.0 Å². The van der Waals surface area contributed by atoms with E-state index in [1.807, 2.05) is 142 Å². The number of methoxy groups -OCH3 is 2. The number of nitrogens with zero attached hydrogens (tertiary/aromatic N) is 2. The first-order valence-corrected chi connectivity index (χ1v) is 27.8. The highest BCUT2D eigenvalue weighted by molar-refractivity contribution is 8.25. The van der Waals surface area contributed by atoms with E-state index < -0.39 is 38.9 Å². The Kier molecular flexibility index (Phi) is 32.5. The van der Waals surface area contributed by atoms with Crippen LogP contribution in [0.15, 0.2) is 133 Å². The summed E-state index contributed by atoms with van der Waals surface area (Å²) in [5.41, 5.74) is 1.96. The second-order valence-corrected chi connectivity index (χ2v) is 22.4. The fourth-order valence-electron chi connectivity index (χ4n) is 7.64. The number of rotatable bonds is 26. The number of hydrogen-bond acceptors (Lipinski definition) is 15. The lowest BCUT2D eigenvalue weighted by atomic mass is 9.65. The zero-order valence-corrected chi connectivity index (χ0v) is 48.8. The van der Waals surface area contributed by atoms with Gasteiger partial charge in [-0.25, -0.2) is 4.79 Å². The van der Waals surface area contributed by atoms with Gasteiger partial charge in [0, 0.05) is 37.9 Å². The van der Waals surface area contributed by atoms with E-state index in [1.54, 1.807) is 39.8 Å². The van der Waals surface area contributed by atoms with E-state index in [1.165, 1.54) is 11.8 Å². The predicted molar refractivity (Wildman–Crippen MR) is 314 cm³/mol. The second-order valence-electron chi connectivity index (χ2n) is 18.3. The number of carbonyl (C=O) groups is 4. The van der Waals surface area contributed by atoms with Crippen LogP contribution in [-0.2, 0) is 55.3 Å². The lowest BCUT2D eigenvalue weighted by Gasteiger charge is -2.41. The summed E-state index contributed by atoms with van der Waals surface area (Å²) in [6, 6.07) is 43.6. The summed E-state index contributed by atoms with van der Waals surface area (Å²) in [6.07, 6.45) is 1.60. The number of aliphatic carboxylic acids is 2. The van der Waals surface area contributed by atoms with Crippen molar-refractivity contribution in [2.75, 3.05) is 40.6 Å². The molecule has 0 heterocycles. The molecule has 0 bridgehead atoms. The molecule has 75 heavy (non-hydrogen) atoms. The fourth-order valence-corrected chi connectivity index (χ4v) is 11.3. The zero-order valence-electron chi connectivity index (χ0n) is 43.7. The molecule has 4 aromatic rings. The number of carbonyl (C=O) groups excluding carboxylic acids is 2. The van der Waals surface area contributed by atoms with Crippen LogP contribution in [0.2, 0.25) is 0 Å². The number of thiocarbonyl (C=S) groups is 2. The van der Waals surface area contributed by atoms with E-state index in [9.17, 15) is 34.8 Å². The molecule has 0 saturated carbocycles. The first kappa shape index (κ1) is 67.8. The van der Waals surface area contributed by atoms with Crippen molar-refractivity contribution < 1.29 is 48.3 Å². The van der Waals surface area contributed by atoms with Crippen LogP contribution in [-0.4, -0.2) is 87.9 Å². The van der Waals surface area contributed by atoms with Crippen LogP contribution in [0.1, 0.15) is 107 Å². The Hall–Kier alpha value is -5.20. The predicted octanol–water partition coefficient (Wildman–Crippen LogP) is 13.1. The highest BCUT2D eigenvalue weighted by Gasteiger charge is 2.47. The largest absolute Gasteiger partial charge is 0.481 e.